The third kappa shape index (κ3) is 2.08. The minimum absolute atomic E-state index is 0.0537. The highest BCUT2D eigenvalue weighted by Crippen LogP contribution is 2.36. The maximum Gasteiger partial charge on any atom is 0.154 e. The van der Waals surface area contributed by atoms with Gasteiger partial charge in [-0.25, -0.2) is 0 Å². The Kier molecular flexibility index (Phi) is 2.76. The summed E-state index contributed by atoms with van der Waals surface area (Å²) in [5.74, 6) is 0.342. The summed E-state index contributed by atoms with van der Waals surface area (Å²) in [6.45, 7) is 11.2. The number of aryl methyl sites for hydroxylation is 3. The zero-order valence-electron chi connectivity index (χ0n) is 11.4. The zero-order valence-corrected chi connectivity index (χ0v) is 11.4. The maximum absolute atomic E-state index is 11.7. The average molecular weight is 231 g/mol. The van der Waals surface area contributed by atoms with Gasteiger partial charge in [0.2, 0.25) is 0 Å². The average Bonchev–Trinajstić information content (AvgIpc) is 2.37. The van der Waals surface area contributed by atoms with E-state index >= 15 is 0 Å². The fourth-order valence-corrected chi connectivity index (χ4v) is 3.00. The summed E-state index contributed by atoms with van der Waals surface area (Å²) in [5.41, 5.74) is 5.01. The van der Waals surface area contributed by atoms with Crippen molar-refractivity contribution in [3.05, 3.63) is 28.8 Å². The van der Waals surface area contributed by atoms with Crippen molar-refractivity contribution in [2.45, 2.75) is 46.6 Å². The van der Waals surface area contributed by atoms with Crippen LogP contribution in [0.25, 0.3) is 0 Å². The highest BCUT2D eigenvalue weighted by Gasteiger charge is 2.38. The molecular weight excluding hydrogens is 210 g/mol. The van der Waals surface area contributed by atoms with E-state index in [0.717, 1.165) is 0 Å². The molecule has 1 aliphatic heterocycles. The van der Waals surface area contributed by atoms with Crippen LogP contribution >= 0.6 is 0 Å². The molecule has 0 atom stereocenters. The predicted molar refractivity (Wildman–Crippen MR) is 71.7 cm³/mol. The number of anilines is 1. The Labute approximate surface area is 104 Å². The van der Waals surface area contributed by atoms with Crippen LogP contribution in [-0.2, 0) is 4.79 Å². The Bertz CT molecular complexity index is 451. The van der Waals surface area contributed by atoms with E-state index in [9.17, 15) is 4.79 Å². The van der Waals surface area contributed by atoms with Gasteiger partial charge >= 0.3 is 0 Å². The van der Waals surface area contributed by atoms with Crippen LogP contribution in [0.15, 0.2) is 12.1 Å². The van der Waals surface area contributed by atoms with Gasteiger partial charge < -0.3 is 4.90 Å². The SMILES string of the molecule is Cc1cc(C)c(N2CC(=O)CC2(C)C)c(C)c1. The van der Waals surface area contributed by atoms with Crippen LogP contribution in [0.5, 0.6) is 0 Å². The van der Waals surface area contributed by atoms with E-state index in [2.05, 4.69) is 51.7 Å². The van der Waals surface area contributed by atoms with E-state index in [-0.39, 0.29) is 5.54 Å². The molecule has 1 aliphatic rings. The summed E-state index contributed by atoms with van der Waals surface area (Å²) in [6.07, 6.45) is 0.653. The second-order valence-electron chi connectivity index (χ2n) is 5.86. The van der Waals surface area contributed by atoms with Gasteiger partial charge in [-0.15, -0.1) is 0 Å². The van der Waals surface area contributed by atoms with Gasteiger partial charge in [-0.05, 0) is 45.7 Å². The molecule has 2 rings (SSSR count). The van der Waals surface area contributed by atoms with Gasteiger partial charge in [-0.3, -0.25) is 4.79 Å². The molecule has 0 bridgehead atoms. The van der Waals surface area contributed by atoms with E-state index < -0.39 is 0 Å². The molecule has 0 spiro atoms. The summed E-state index contributed by atoms with van der Waals surface area (Å²) in [7, 11) is 0. The molecular formula is C15H21NO. The molecule has 2 nitrogen and oxygen atoms in total. The minimum Gasteiger partial charge on any atom is -0.358 e. The van der Waals surface area contributed by atoms with Gasteiger partial charge in [0.15, 0.2) is 5.78 Å². The van der Waals surface area contributed by atoms with E-state index in [1.54, 1.807) is 0 Å². The largest absolute Gasteiger partial charge is 0.358 e. The molecule has 0 unspecified atom stereocenters. The molecule has 0 N–H and O–H groups in total. The number of Topliss-reactive ketones (excluding diaryl/α,β-unsaturated/α-hetero) is 1. The summed E-state index contributed by atoms with van der Waals surface area (Å²) < 4.78 is 0. The van der Waals surface area contributed by atoms with Crippen molar-refractivity contribution in [3.8, 4) is 0 Å². The van der Waals surface area contributed by atoms with E-state index in [1.165, 1.54) is 22.4 Å². The Morgan fingerprint density at radius 1 is 1.12 bits per heavy atom. The normalized spacial score (nSPS) is 18.9. The van der Waals surface area contributed by atoms with E-state index in [0.29, 0.717) is 18.7 Å². The summed E-state index contributed by atoms with van der Waals surface area (Å²) in [5, 5.41) is 0. The summed E-state index contributed by atoms with van der Waals surface area (Å²) >= 11 is 0. The molecule has 1 heterocycles. The lowest BCUT2D eigenvalue weighted by molar-refractivity contribution is -0.116. The Hall–Kier alpha value is -1.31. The van der Waals surface area contributed by atoms with Crippen LogP contribution in [0.4, 0.5) is 5.69 Å². The second-order valence-corrected chi connectivity index (χ2v) is 5.86. The fraction of sp³-hybridized carbons (Fsp3) is 0.533. The maximum atomic E-state index is 11.7. The first-order valence-corrected chi connectivity index (χ1v) is 6.18. The number of rotatable bonds is 1. The molecule has 0 saturated carbocycles. The van der Waals surface area contributed by atoms with Crippen molar-refractivity contribution in [1.29, 1.82) is 0 Å². The first kappa shape index (κ1) is 12.2. The van der Waals surface area contributed by atoms with Gasteiger partial charge in [-0.2, -0.15) is 0 Å². The topological polar surface area (TPSA) is 20.3 Å². The van der Waals surface area contributed by atoms with Crippen LogP contribution in [0.2, 0.25) is 0 Å². The van der Waals surface area contributed by atoms with Crippen molar-refractivity contribution in [2.75, 3.05) is 11.4 Å². The Morgan fingerprint density at radius 2 is 1.65 bits per heavy atom. The molecule has 1 aromatic rings. The number of carbonyl (C=O) groups excluding carboxylic acids is 1. The molecule has 1 fully saturated rings. The third-order valence-electron chi connectivity index (χ3n) is 3.60. The smallest absolute Gasteiger partial charge is 0.154 e. The van der Waals surface area contributed by atoms with Crippen LogP contribution < -0.4 is 4.90 Å². The molecule has 1 aromatic carbocycles. The molecule has 0 amide bonds. The van der Waals surface area contributed by atoms with Crippen molar-refractivity contribution in [2.24, 2.45) is 0 Å². The van der Waals surface area contributed by atoms with Gasteiger partial charge in [0.25, 0.3) is 0 Å². The lowest BCUT2D eigenvalue weighted by Crippen LogP contribution is -2.39. The van der Waals surface area contributed by atoms with E-state index in [4.69, 9.17) is 0 Å². The summed E-state index contributed by atoms with van der Waals surface area (Å²) in [4.78, 5) is 14.0. The molecule has 0 aromatic heterocycles. The van der Waals surface area contributed by atoms with Gasteiger partial charge in [0, 0.05) is 17.6 Å². The third-order valence-corrected chi connectivity index (χ3v) is 3.60. The van der Waals surface area contributed by atoms with Gasteiger partial charge in [0.05, 0.1) is 6.54 Å². The number of hydrogen-bond donors (Lipinski definition) is 0. The van der Waals surface area contributed by atoms with Crippen molar-refractivity contribution < 1.29 is 4.79 Å². The van der Waals surface area contributed by atoms with Crippen molar-refractivity contribution in [1.82, 2.24) is 0 Å². The molecule has 17 heavy (non-hydrogen) atoms. The van der Waals surface area contributed by atoms with Crippen LogP contribution in [0, 0.1) is 20.8 Å². The monoisotopic (exact) mass is 231 g/mol. The highest BCUT2D eigenvalue weighted by molar-refractivity contribution is 5.90. The second kappa shape index (κ2) is 3.86. The first-order chi connectivity index (χ1) is 7.81. The summed E-state index contributed by atoms with van der Waals surface area (Å²) in [6, 6.07) is 4.39. The first-order valence-electron chi connectivity index (χ1n) is 6.18. The van der Waals surface area contributed by atoms with E-state index in [1.807, 2.05) is 0 Å². The fourth-order valence-electron chi connectivity index (χ4n) is 3.00. The van der Waals surface area contributed by atoms with Crippen molar-refractivity contribution in [3.63, 3.8) is 0 Å². The zero-order chi connectivity index (χ0) is 12.8. The molecule has 0 aliphatic carbocycles. The predicted octanol–water partition coefficient (Wildman–Crippen LogP) is 3.17. The molecule has 0 radical (unpaired) electrons. The van der Waals surface area contributed by atoms with Crippen LogP contribution in [0.1, 0.15) is 37.0 Å². The quantitative estimate of drug-likeness (QED) is 0.740. The Balaban J connectivity index is 2.51. The van der Waals surface area contributed by atoms with Gasteiger partial charge in [0.1, 0.15) is 0 Å². The van der Waals surface area contributed by atoms with Gasteiger partial charge in [-0.1, -0.05) is 17.7 Å². The molecule has 92 valence electrons. The lowest BCUT2D eigenvalue weighted by Gasteiger charge is -2.35. The number of nitrogens with zero attached hydrogens (tertiary/aromatic N) is 1. The number of hydrogen-bond acceptors (Lipinski definition) is 2. The van der Waals surface area contributed by atoms with Crippen LogP contribution in [-0.4, -0.2) is 17.9 Å². The molecule has 2 heteroatoms. The number of benzene rings is 1. The number of carbonyl (C=O) groups is 1. The highest BCUT2D eigenvalue weighted by atomic mass is 16.1. The minimum atomic E-state index is -0.0537. The molecule has 1 saturated heterocycles. The van der Waals surface area contributed by atoms with Crippen molar-refractivity contribution >= 4 is 11.5 Å². The standard InChI is InChI=1S/C15H21NO/c1-10-6-11(2)14(12(3)7-10)16-9-13(17)8-15(16,4)5/h6-7H,8-9H2,1-5H3. The lowest BCUT2D eigenvalue weighted by atomic mass is 9.98. The van der Waals surface area contributed by atoms with Crippen LogP contribution in [0.3, 0.4) is 0 Å². The Morgan fingerprint density at radius 3 is 2.06 bits per heavy atom. The number of ketones is 1.